The Kier molecular flexibility index (Phi) is 3.91. The third-order valence-electron chi connectivity index (χ3n) is 2.67. The van der Waals surface area contributed by atoms with Crippen LogP contribution < -0.4 is 5.73 Å². The van der Waals surface area contributed by atoms with E-state index in [4.69, 9.17) is 5.73 Å². The van der Waals surface area contributed by atoms with Crippen molar-refractivity contribution in [3.05, 3.63) is 46.2 Å². The second-order valence-electron chi connectivity index (χ2n) is 3.95. The van der Waals surface area contributed by atoms with Gasteiger partial charge >= 0.3 is 0 Å². The molecule has 0 saturated heterocycles. The lowest BCUT2D eigenvalue weighted by Crippen LogP contribution is -2.08. The van der Waals surface area contributed by atoms with Gasteiger partial charge in [-0.15, -0.1) is 5.10 Å². The highest BCUT2D eigenvalue weighted by molar-refractivity contribution is 9.10. The first-order valence-electron chi connectivity index (χ1n) is 5.59. The lowest BCUT2D eigenvalue weighted by Gasteiger charge is -2.04. The molecule has 90 valence electrons. The Labute approximate surface area is 109 Å². The minimum atomic E-state index is -0.0250. The second kappa shape index (κ2) is 5.42. The van der Waals surface area contributed by atoms with Crippen molar-refractivity contribution in [1.29, 1.82) is 0 Å². The van der Waals surface area contributed by atoms with Gasteiger partial charge in [-0.1, -0.05) is 46.3 Å². The van der Waals surface area contributed by atoms with E-state index in [2.05, 4.69) is 32.3 Å². The lowest BCUT2D eigenvalue weighted by atomic mass is 10.2. The first-order chi connectivity index (χ1) is 8.20. The summed E-state index contributed by atoms with van der Waals surface area (Å²) in [5.41, 5.74) is 7.93. The number of nitrogens with two attached hydrogens (primary N) is 1. The van der Waals surface area contributed by atoms with Crippen LogP contribution in [-0.2, 0) is 6.54 Å². The molecule has 1 unspecified atom stereocenters. The van der Waals surface area contributed by atoms with Gasteiger partial charge in [0.2, 0.25) is 0 Å². The smallest absolute Gasteiger partial charge is 0.0994 e. The van der Waals surface area contributed by atoms with Crippen LogP contribution in [0.15, 0.2) is 34.9 Å². The van der Waals surface area contributed by atoms with Crippen molar-refractivity contribution in [2.45, 2.75) is 25.9 Å². The Hall–Kier alpha value is -1.20. The van der Waals surface area contributed by atoms with Gasteiger partial charge in [0.15, 0.2) is 0 Å². The zero-order valence-corrected chi connectivity index (χ0v) is 11.3. The largest absolute Gasteiger partial charge is 0.323 e. The highest BCUT2D eigenvalue weighted by Crippen LogP contribution is 2.17. The number of hydrogen-bond donors (Lipinski definition) is 1. The summed E-state index contributed by atoms with van der Waals surface area (Å²) in [7, 11) is 0. The maximum atomic E-state index is 5.91. The summed E-state index contributed by atoms with van der Waals surface area (Å²) in [4.78, 5) is 0. The number of halogens is 1. The van der Waals surface area contributed by atoms with E-state index >= 15 is 0 Å². The van der Waals surface area contributed by atoms with E-state index < -0.39 is 0 Å². The second-order valence-corrected chi connectivity index (χ2v) is 4.80. The zero-order valence-electron chi connectivity index (χ0n) is 9.68. The van der Waals surface area contributed by atoms with Crippen LogP contribution >= 0.6 is 15.9 Å². The van der Waals surface area contributed by atoms with Crippen LogP contribution in [0.5, 0.6) is 0 Å². The first-order valence-corrected chi connectivity index (χ1v) is 6.39. The molecule has 5 heteroatoms. The van der Waals surface area contributed by atoms with Crippen LogP contribution in [0.2, 0.25) is 0 Å². The maximum Gasteiger partial charge on any atom is 0.0994 e. The van der Waals surface area contributed by atoms with Crippen molar-refractivity contribution in [2.24, 2.45) is 5.73 Å². The molecule has 0 aliphatic rings. The minimum absolute atomic E-state index is 0.0250. The molecule has 0 spiro atoms. The van der Waals surface area contributed by atoms with E-state index in [9.17, 15) is 0 Å². The summed E-state index contributed by atoms with van der Waals surface area (Å²) in [6.07, 6.45) is 2.78. The molecule has 2 rings (SSSR count). The van der Waals surface area contributed by atoms with Gasteiger partial charge in [-0.25, -0.2) is 4.68 Å². The Morgan fingerprint density at radius 3 is 2.88 bits per heavy atom. The number of hydrogen-bond acceptors (Lipinski definition) is 3. The SMILES string of the molecule is CCC(N)c1cn(Cc2ccccc2Br)nn1. The molecule has 1 aromatic carbocycles. The van der Waals surface area contributed by atoms with Gasteiger partial charge in [0.1, 0.15) is 0 Å². The first kappa shape index (κ1) is 12.3. The zero-order chi connectivity index (χ0) is 12.3. The lowest BCUT2D eigenvalue weighted by molar-refractivity contribution is 0.643. The Morgan fingerprint density at radius 2 is 2.18 bits per heavy atom. The quantitative estimate of drug-likeness (QED) is 0.943. The molecule has 1 heterocycles. The van der Waals surface area contributed by atoms with Gasteiger partial charge in [0.05, 0.1) is 24.5 Å². The number of aromatic nitrogens is 3. The average Bonchev–Trinajstić information content (AvgIpc) is 2.80. The van der Waals surface area contributed by atoms with Crippen LogP contribution in [0.4, 0.5) is 0 Å². The Balaban J connectivity index is 2.14. The predicted octanol–water partition coefficient (Wildman–Crippen LogP) is 2.50. The van der Waals surface area contributed by atoms with Crippen LogP contribution in [0.3, 0.4) is 0 Å². The third-order valence-corrected chi connectivity index (χ3v) is 3.44. The molecule has 2 N–H and O–H groups in total. The topological polar surface area (TPSA) is 56.7 Å². The average molecular weight is 295 g/mol. The molecule has 0 radical (unpaired) electrons. The van der Waals surface area contributed by atoms with Gasteiger partial charge in [-0.3, -0.25) is 0 Å². The fourth-order valence-electron chi connectivity index (χ4n) is 1.57. The number of benzene rings is 1. The van der Waals surface area contributed by atoms with Crippen LogP contribution in [0.25, 0.3) is 0 Å². The summed E-state index contributed by atoms with van der Waals surface area (Å²) >= 11 is 3.52. The van der Waals surface area contributed by atoms with E-state index in [0.717, 1.165) is 16.6 Å². The van der Waals surface area contributed by atoms with E-state index in [0.29, 0.717) is 6.54 Å². The summed E-state index contributed by atoms with van der Waals surface area (Å²) in [6, 6.07) is 8.06. The molecule has 1 aromatic heterocycles. The standard InChI is InChI=1S/C12H15BrN4/c1-2-11(14)12-8-17(16-15-12)7-9-5-3-4-6-10(9)13/h3-6,8,11H,2,7,14H2,1H3. The molecule has 0 saturated carbocycles. The van der Waals surface area contributed by atoms with E-state index in [-0.39, 0.29) is 6.04 Å². The van der Waals surface area contributed by atoms with Gasteiger partial charge in [-0.2, -0.15) is 0 Å². The molecular formula is C12H15BrN4. The van der Waals surface area contributed by atoms with Crippen LogP contribution in [-0.4, -0.2) is 15.0 Å². The fraction of sp³-hybridized carbons (Fsp3) is 0.333. The molecular weight excluding hydrogens is 280 g/mol. The number of nitrogens with zero attached hydrogens (tertiary/aromatic N) is 3. The highest BCUT2D eigenvalue weighted by Gasteiger charge is 2.09. The van der Waals surface area contributed by atoms with E-state index in [1.807, 2.05) is 36.0 Å². The molecule has 0 aliphatic heterocycles. The molecule has 2 aromatic rings. The summed E-state index contributed by atoms with van der Waals surface area (Å²) < 4.78 is 2.89. The monoisotopic (exact) mass is 294 g/mol. The summed E-state index contributed by atoms with van der Waals surface area (Å²) in [6.45, 7) is 2.74. The predicted molar refractivity (Wildman–Crippen MR) is 70.5 cm³/mol. The highest BCUT2D eigenvalue weighted by atomic mass is 79.9. The van der Waals surface area contributed by atoms with Gasteiger partial charge in [0, 0.05) is 4.47 Å². The molecule has 4 nitrogen and oxygen atoms in total. The van der Waals surface area contributed by atoms with Crippen molar-refractivity contribution < 1.29 is 0 Å². The van der Waals surface area contributed by atoms with Gasteiger partial charge in [0.25, 0.3) is 0 Å². The van der Waals surface area contributed by atoms with E-state index in [1.54, 1.807) is 0 Å². The van der Waals surface area contributed by atoms with Gasteiger partial charge < -0.3 is 5.73 Å². The third kappa shape index (κ3) is 2.92. The maximum absolute atomic E-state index is 5.91. The summed E-state index contributed by atoms with van der Waals surface area (Å²) in [5.74, 6) is 0. The molecule has 0 amide bonds. The molecule has 0 fully saturated rings. The number of rotatable bonds is 4. The van der Waals surface area contributed by atoms with Crippen molar-refractivity contribution in [2.75, 3.05) is 0 Å². The summed E-state index contributed by atoms with van der Waals surface area (Å²) in [5, 5.41) is 8.17. The normalized spacial score (nSPS) is 12.6. The van der Waals surface area contributed by atoms with Crippen molar-refractivity contribution in [3.8, 4) is 0 Å². The van der Waals surface area contributed by atoms with Gasteiger partial charge in [-0.05, 0) is 18.1 Å². The van der Waals surface area contributed by atoms with Crippen LogP contribution in [0, 0.1) is 0 Å². The molecule has 1 atom stereocenters. The van der Waals surface area contributed by atoms with Crippen molar-refractivity contribution >= 4 is 15.9 Å². The Bertz CT molecular complexity index is 495. The van der Waals surface area contributed by atoms with Crippen molar-refractivity contribution in [3.63, 3.8) is 0 Å². The van der Waals surface area contributed by atoms with Crippen LogP contribution in [0.1, 0.15) is 30.6 Å². The Morgan fingerprint density at radius 1 is 1.41 bits per heavy atom. The molecule has 0 bridgehead atoms. The fourth-order valence-corrected chi connectivity index (χ4v) is 1.98. The molecule has 0 aliphatic carbocycles. The van der Waals surface area contributed by atoms with E-state index in [1.165, 1.54) is 5.56 Å². The van der Waals surface area contributed by atoms with Crippen molar-refractivity contribution in [1.82, 2.24) is 15.0 Å². The molecule has 17 heavy (non-hydrogen) atoms. The minimum Gasteiger partial charge on any atom is -0.323 e.